The molecule has 2 aliphatic rings. The number of nitrogen functional groups attached to an aromatic ring is 1. The van der Waals surface area contributed by atoms with E-state index in [1.54, 1.807) is 18.2 Å². The summed E-state index contributed by atoms with van der Waals surface area (Å²) in [5.41, 5.74) is 12.3. The minimum atomic E-state index is -1.000. The van der Waals surface area contributed by atoms with Crippen LogP contribution in [-0.4, -0.2) is 17.7 Å². The van der Waals surface area contributed by atoms with Crippen molar-refractivity contribution in [1.82, 2.24) is 0 Å². The van der Waals surface area contributed by atoms with Crippen molar-refractivity contribution >= 4 is 11.7 Å². The molecule has 4 rings (SSSR count). The van der Waals surface area contributed by atoms with Gasteiger partial charge in [0, 0.05) is 29.3 Å². The third-order valence-corrected chi connectivity index (χ3v) is 4.15. The van der Waals surface area contributed by atoms with Gasteiger partial charge in [0.2, 0.25) is 0 Å². The Morgan fingerprint density at radius 3 is 2.78 bits per heavy atom. The van der Waals surface area contributed by atoms with E-state index in [-0.39, 0.29) is 17.5 Å². The average molecular weight is 315 g/mol. The zero-order valence-electron chi connectivity index (χ0n) is 12.0. The number of nitrogens with zero attached hydrogens (tertiary/aromatic N) is 1. The van der Waals surface area contributed by atoms with Crippen LogP contribution < -0.4 is 16.2 Å². The van der Waals surface area contributed by atoms with Crippen molar-refractivity contribution in [3.63, 3.8) is 0 Å². The van der Waals surface area contributed by atoms with Crippen molar-refractivity contribution in [1.29, 1.82) is 0 Å². The lowest BCUT2D eigenvalue weighted by molar-refractivity contribution is 0.217. The molecule has 2 aromatic rings. The maximum atomic E-state index is 14.3. The van der Waals surface area contributed by atoms with Crippen LogP contribution >= 0.6 is 0 Å². The molecule has 1 unspecified atom stereocenters. The zero-order valence-corrected chi connectivity index (χ0v) is 12.0. The molecule has 0 amide bonds. The topological polar surface area (TPSA) is 103 Å². The number of phenolic OH excluding ortho intramolecular Hbond substituents is 1. The molecule has 0 radical (unpaired) electrons. The Morgan fingerprint density at radius 1 is 1.17 bits per heavy atom. The summed E-state index contributed by atoms with van der Waals surface area (Å²) < 4.78 is 25.2. The lowest BCUT2D eigenvalue weighted by Gasteiger charge is -2.39. The van der Waals surface area contributed by atoms with Gasteiger partial charge in [-0.25, -0.2) is 9.38 Å². The van der Waals surface area contributed by atoms with Crippen LogP contribution in [0.25, 0.3) is 0 Å². The first-order valence-electron chi connectivity index (χ1n) is 7.08. The van der Waals surface area contributed by atoms with Gasteiger partial charge in [-0.1, -0.05) is 0 Å². The highest BCUT2D eigenvalue weighted by Gasteiger charge is 2.46. The number of fused-ring (bicyclic) bond motifs is 4. The summed E-state index contributed by atoms with van der Waals surface area (Å²) in [6.07, 6.45) is 0.420. The SMILES string of the molecule is NC1=NC2(CCO1)c1cc(N)ccc1Oc1c(F)cc(O)cc12. The summed E-state index contributed by atoms with van der Waals surface area (Å²) >= 11 is 0. The third-order valence-electron chi connectivity index (χ3n) is 4.15. The number of phenols is 1. The monoisotopic (exact) mass is 315 g/mol. The van der Waals surface area contributed by atoms with Crippen LogP contribution in [0.2, 0.25) is 0 Å². The number of amidine groups is 1. The molecule has 7 heteroatoms. The van der Waals surface area contributed by atoms with Crippen molar-refractivity contribution in [2.75, 3.05) is 12.3 Å². The summed E-state index contributed by atoms with van der Waals surface area (Å²) in [4.78, 5) is 4.44. The first-order chi connectivity index (χ1) is 11.0. The molecule has 1 spiro atoms. The molecule has 2 aliphatic heterocycles. The molecule has 0 bridgehead atoms. The smallest absolute Gasteiger partial charge is 0.283 e. The number of hydrogen-bond donors (Lipinski definition) is 3. The second kappa shape index (κ2) is 4.52. The van der Waals surface area contributed by atoms with E-state index in [0.29, 0.717) is 35.6 Å². The Labute approximate surface area is 131 Å². The van der Waals surface area contributed by atoms with Crippen molar-refractivity contribution in [3.05, 3.63) is 47.3 Å². The van der Waals surface area contributed by atoms with Crippen molar-refractivity contribution in [3.8, 4) is 17.2 Å². The first kappa shape index (κ1) is 13.7. The van der Waals surface area contributed by atoms with Crippen LogP contribution in [0, 0.1) is 5.82 Å². The largest absolute Gasteiger partial charge is 0.508 e. The average Bonchev–Trinajstić information content (AvgIpc) is 2.50. The van der Waals surface area contributed by atoms with Crippen molar-refractivity contribution in [2.45, 2.75) is 12.0 Å². The van der Waals surface area contributed by atoms with Gasteiger partial charge in [0.25, 0.3) is 6.02 Å². The number of halogens is 1. The van der Waals surface area contributed by atoms with E-state index in [9.17, 15) is 9.50 Å². The molecule has 23 heavy (non-hydrogen) atoms. The Morgan fingerprint density at radius 2 is 2.00 bits per heavy atom. The van der Waals surface area contributed by atoms with E-state index >= 15 is 0 Å². The van der Waals surface area contributed by atoms with Gasteiger partial charge in [0.05, 0.1) is 6.61 Å². The number of anilines is 1. The lowest BCUT2D eigenvalue weighted by Crippen LogP contribution is -2.38. The standard InChI is InChI=1S/C16H14FN3O3/c17-12-7-9(21)6-11-14(12)23-13-2-1-8(18)5-10(13)16(11)3-4-22-15(19)20-16/h1-2,5-7,21H,3-4,18H2,(H2,19,20). The van der Waals surface area contributed by atoms with Gasteiger partial charge in [-0.3, -0.25) is 0 Å². The third kappa shape index (κ3) is 1.89. The highest BCUT2D eigenvalue weighted by molar-refractivity contribution is 5.75. The van der Waals surface area contributed by atoms with Crippen molar-refractivity contribution in [2.24, 2.45) is 10.7 Å². The van der Waals surface area contributed by atoms with E-state index in [1.165, 1.54) is 6.07 Å². The lowest BCUT2D eigenvalue weighted by atomic mass is 9.77. The first-order valence-corrected chi connectivity index (χ1v) is 7.08. The normalized spacial score (nSPS) is 21.7. The molecule has 0 aliphatic carbocycles. The quantitative estimate of drug-likeness (QED) is 0.647. The molecule has 1 atom stereocenters. The highest BCUT2D eigenvalue weighted by Crippen LogP contribution is 2.53. The van der Waals surface area contributed by atoms with Crippen LogP contribution in [0.15, 0.2) is 35.3 Å². The zero-order chi connectivity index (χ0) is 16.2. The summed E-state index contributed by atoms with van der Waals surface area (Å²) in [6.45, 7) is 0.306. The Kier molecular flexibility index (Phi) is 2.69. The number of benzene rings is 2. The fourth-order valence-electron chi connectivity index (χ4n) is 3.17. The number of nitrogens with two attached hydrogens (primary N) is 2. The van der Waals surface area contributed by atoms with E-state index < -0.39 is 11.4 Å². The summed E-state index contributed by atoms with van der Waals surface area (Å²) in [6, 6.07) is 7.50. The Bertz CT molecular complexity index is 853. The molecule has 0 aromatic heterocycles. The summed E-state index contributed by atoms with van der Waals surface area (Å²) in [5, 5.41) is 9.82. The molecule has 0 saturated carbocycles. The number of aromatic hydroxyl groups is 1. The number of aliphatic imine (C=N–C) groups is 1. The number of rotatable bonds is 0. The Balaban J connectivity index is 2.08. The van der Waals surface area contributed by atoms with Crippen LogP contribution in [0.3, 0.4) is 0 Å². The van der Waals surface area contributed by atoms with Gasteiger partial charge in [-0.2, -0.15) is 0 Å². The van der Waals surface area contributed by atoms with Crippen molar-refractivity contribution < 1.29 is 19.0 Å². The maximum absolute atomic E-state index is 14.3. The van der Waals surface area contributed by atoms with Gasteiger partial charge in [0.15, 0.2) is 11.6 Å². The molecular weight excluding hydrogens is 301 g/mol. The minimum absolute atomic E-state index is 0.00113. The molecule has 2 aromatic carbocycles. The molecular formula is C16H14FN3O3. The van der Waals surface area contributed by atoms with Crippen LogP contribution in [0.1, 0.15) is 17.5 Å². The van der Waals surface area contributed by atoms with Crippen LogP contribution in [0.4, 0.5) is 10.1 Å². The Hall–Kier alpha value is -2.96. The fraction of sp³-hybridized carbons (Fsp3) is 0.188. The second-order valence-corrected chi connectivity index (χ2v) is 5.57. The molecule has 0 saturated heterocycles. The molecule has 2 heterocycles. The van der Waals surface area contributed by atoms with E-state index in [2.05, 4.69) is 4.99 Å². The van der Waals surface area contributed by atoms with Gasteiger partial charge in [-0.15, -0.1) is 0 Å². The van der Waals surface area contributed by atoms with Gasteiger partial charge in [0.1, 0.15) is 17.0 Å². The fourth-order valence-corrected chi connectivity index (χ4v) is 3.17. The maximum Gasteiger partial charge on any atom is 0.283 e. The predicted octanol–water partition coefficient (Wildman–Crippen LogP) is 2.20. The summed E-state index contributed by atoms with van der Waals surface area (Å²) in [7, 11) is 0. The highest BCUT2D eigenvalue weighted by atomic mass is 19.1. The predicted molar refractivity (Wildman–Crippen MR) is 82.0 cm³/mol. The van der Waals surface area contributed by atoms with E-state index in [0.717, 1.165) is 6.07 Å². The molecule has 118 valence electrons. The van der Waals surface area contributed by atoms with Gasteiger partial charge >= 0.3 is 0 Å². The van der Waals surface area contributed by atoms with E-state index in [1.807, 2.05) is 0 Å². The minimum Gasteiger partial charge on any atom is -0.508 e. The number of hydrogen-bond acceptors (Lipinski definition) is 6. The molecule has 6 nitrogen and oxygen atoms in total. The summed E-state index contributed by atoms with van der Waals surface area (Å²) in [5.74, 6) is -0.396. The van der Waals surface area contributed by atoms with Gasteiger partial charge in [-0.05, 0) is 24.3 Å². The van der Waals surface area contributed by atoms with Crippen LogP contribution in [-0.2, 0) is 10.3 Å². The number of ether oxygens (including phenoxy) is 2. The van der Waals surface area contributed by atoms with Crippen LogP contribution in [0.5, 0.6) is 17.2 Å². The second-order valence-electron chi connectivity index (χ2n) is 5.57. The van der Waals surface area contributed by atoms with Gasteiger partial charge < -0.3 is 26.0 Å². The molecule has 5 N–H and O–H groups in total. The van der Waals surface area contributed by atoms with E-state index in [4.69, 9.17) is 20.9 Å². The molecule has 0 fully saturated rings.